The molecule has 0 aromatic carbocycles. The van der Waals surface area contributed by atoms with Crippen molar-refractivity contribution in [1.82, 2.24) is 4.98 Å². The zero-order valence-corrected chi connectivity index (χ0v) is 8.29. The van der Waals surface area contributed by atoms with Gasteiger partial charge in [-0.2, -0.15) is 0 Å². The molecule has 5 nitrogen and oxygen atoms in total. The molecule has 1 aromatic heterocycles. The van der Waals surface area contributed by atoms with E-state index in [0.29, 0.717) is 6.20 Å². The Morgan fingerprint density at radius 2 is 2.25 bits per heavy atom. The van der Waals surface area contributed by atoms with Crippen molar-refractivity contribution in [1.29, 1.82) is 0 Å². The van der Waals surface area contributed by atoms with Gasteiger partial charge >= 0.3 is 5.97 Å². The van der Waals surface area contributed by atoms with Crippen molar-refractivity contribution in [3.63, 3.8) is 0 Å². The quantitative estimate of drug-likeness (QED) is 0.768. The Hall–Kier alpha value is -1.92. The molecule has 0 aliphatic rings. The van der Waals surface area contributed by atoms with Crippen LogP contribution in [0.15, 0.2) is 11.0 Å². The summed E-state index contributed by atoms with van der Waals surface area (Å²) >= 11 is 0. The monoisotopic (exact) mass is 233 g/mol. The maximum atomic E-state index is 12.5. The van der Waals surface area contributed by atoms with E-state index in [4.69, 9.17) is 5.11 Å². The van der Waals surface area contributed by atoms with Crippen LogP contribution >= 0.6 is 0 Å². The molecule has 0 aliphatic heterocycles. The molecule has 16 heavy (non-hydrogen) atoms. The first-order valence-electron chi connectivity index (χ1n) is 4.38. The molecule has 1 aromatic rings. The molecule has 0 bridgehead atoms. The maximum Gasteiger partial charge on any atom is 0.344 e. The number of alkyl halides is 2. The summed E-state index contributed by atoms with van der Waals surface area (Å²) in [6.45, 7) is 1.41. The van der Waals surface area contributed by atoms with Crippen molar-refractivity contribution >= 4 is 5.97 Å². The molecule has 0 unspecified atom stereocenters. The van der Waals surface area contributed by atoms with Crippen LogP contribution in [0.3, 0.4) is 0 Å². The highest BCUT2D eigenvalue weighted by Crippen LogP contribution is 2.20. The number of halogens is 2. The van der Waals surface area contributed by atoms with Gasteiger partial charge in [0.2, 0.25) is 5.43 Å². The normalized spacial score (nSPS) is 10.5. The Morgan fingerprint density at radius 1 is 1.62 bits per heavy atom. The third-order valence-electron chi connectivity index (χ3n) is 1.79. The van der Waals surface area contributed by atoms with Crippen LogP contribution in [0.4, 0.5) is 8.78 Å². The van der Waals surface area contributed by atoms with Crippen molar-refractivity contribution < 1.29 is 23.4 Å². The fourth-order valence-electron chi connectivity index (χ4n) is 1.11. The summed E-state index contributed by atoms with van der Waals surface area (Å²) in [5.41, 5.74) is -2.90. The fraction of sp³-hybridized carbons (Fsp3) is 0.333. The minimum absolute atomic E-state index is 0.0589. The number of aromatic hydroxyl groups is 1. The summed E-state index contributed by atoms with van der Waals surface area (Å²) in [5.74, 6) is -2.00. The molecule has 88 valence electrons. The van der Waals surface area contributed by atoms with E-state index in [-0.39, 0.29) is 6.61 Å². The second kappa shape index (κ2) is 4.73. The predicted molar refractivity (Wildman–Crippen MR) is 49.6 cm³/mol. The minimum atomic E-state index is -3.03. The van der Waals surface area contributed by atoms with Crippen LogP contribution in [-0.4, -0.2) is 22.7 Å². The van der Waals surface area contributed by atoms with Crippen LogP contribution in [0, 0.1) is 0 Å². The van der Waals surface area contributed by atoms with Crippen molar-refractivity contribution in [2.75, 3.05) is 6.61 Å². The first-order chi connectivity index (χ1) is 7.49. The summed E-state index contributed by atoms with van der Waals surface area (Å²) in [4.78, 5) is 24.5. The zero-order chi connectivity index (χ0) is 12.3. The molecule has 0 aliphatic carbocycles. The Kier molecular flexibility index (Phi) is 3.60. The summed E-state index contributed by atoms with van der Waals surface area (Å²) in [5, 5.41) is 9.03. The van der Waals surface area contributed by atoms with Gasteiger partial charge in [0.05, 0.1) is 6.61 Å². The number of esters is 1. The number of hydrogen-bond acceptors (Lipinski definition) is 4. The first kappa shape index (κ1) is 12.2. The van der Waals surface area contributed by atoms with Crippen LogP contribution in [-0.2, 0) is 4.74 Å². The van der Waals surface area contributed by atoms with Gasteiger partial charge in [-0.25, -0.2) is 13.6 Å². The number of ether oxygens (including phenoxy) is 1. The summed E-state index contributed by atoms with van der Waals surface area (Å²) in [7, 11) is 0. The van der Waals surface area contributed by atoms with Gasteiger partial charge < -0.3 is 14.8 Å². The molecule has 0 amide bonds. The average Bonchev–Trinajstić information content (AvgIpc) is 2.21. The molecule has 1 heterocycles. The average molecular weight is 233 g/mol. The summed E-state index contributed by atoms with van der Waals surface area (Å²) in [6.07, 6.45) is -2.33. The van der Waals surface area contributed by atoms with Crippen molar-refractivity contribution in [2.45, 2.75) is 13.3 Å². The molecule has 0 spiro atoms. The maximum absolute atomic E-state index is 12.5. The van der Waals surface area contributed by atoms with Crippen LogP contribution in [0.2, 0.25) is 0 Å². The van der Waals surface area contributed by atoms with E-state index in [1.54, 1.807) is 0 Å². The standard InChI is InChI=1S/C9H9F2NO4/c1-2-16-9(15)5-6(8(10)11)12-3-4(13)7(5)14/h3,8,13H,2H2,1H3,(H,12,14). The van der Waals surface area contributed by atoms with Gasteiger partial charge in [0.1, 0.15) is 11.3 Å². The van der Waals surface area contributed by atoms with E-state index in [0.717, 1.165) is 0 Å². The predicted octanol–water partition coefficient (Wildman–Crippen LogP) is 1.19. The van der Waals surface area contributed by atoms with E-state index < -0.39 is 34.8 Å². The lowest BCUT2D eigenvalue weighted by Gasteiger charge is -2.07. The van der Waals surface area contributed by atoms with Gasteiger partial charge in [0, 0.05) is 6.20 Å². The third-order valence-corrected chi connectivity index (χ3v) is 1.79. The molecule has 0 fully saturated rings. The van der Waals surface area contributed by atoms with Gasteiger partial charge in [-0.1, -0.05) is 0 Å². The van der Waals surface area contributed by atoms with Gasteiger partial charge in [-0.05, 0) is 6.92 Å². The number of carbonyl (C=O) groups excluding carboxylic acids is 1. The van der Waals surface area contributed by atoms with Crippen molar-refractivity contribution in [3.8, 4) is 5.75 Å². The highest BCUT2D eigenvalue weighted by molar-refractivity contribution is 5.91. The van der Waals surface area contributed by atoms with Crippen molar-refractivity contribution in [2.24, 2.45) is 0 Å². The minimum Gasteiger partial charge on any atom is -0.503 e. The molecule has 0 atom stereocenters. The number of pyridine rings is 1. The van der Waals surface area contributed by atoms with Gasteiger partial charge in [0.25, 0.3) is 6.43 Å². The van der Waals surface area contributed by atoms with E-state index in [9.17, 15) is 18.4 Å². The Morgan fingerprint density at radius 3 is 2.75 bits per heavy atom. The zero-order valence-electron chi connectivity index (χ0n) is 8.29. The lowest BCUT2D eigenvalue weighted by molar-refractivity contribution is 0.0511. The molecule has 2 N–H and O–H groups in total. The number of aromatic amines is 1. The molecular formula is C9H9F2NO4. The molecular weight excluding hydrogens is 224 g/mol. The number of rotatable bonds is 3. The molecule has 0 saturated heterocycles. The Labute approximate surface area is 88.7 Å². The Bertz CT molecular complexity index is 455. The van der Waals surface area contributed by atoms with Gasteiger partial charge in [-0.3, -0.25) is 4.79 Å². The third kappa shape index (κ3) is 2.18. The van der Waals surface area contributed by atoms with E-state index in [1.807, 2.05) is 4.98 Å². The number of H-pyrrole nitrogens is 1. The van der Waals surface area contributed by atoms with Gasteiger partial charge in [-0.15, -0.1) is 0 Å². The summed E-state index contributed by atoms with van der Waals surface area (Å²) < 4.78 is 29.4. The molecule has 0 saturated carbocycles. The largest absolute Gasteiger partial charge is 0.503 e. The first-order valence-corrected chi connectivity index (χ1v) is 4.38. The smallest absolute Gasteiger partial charge is 0.344 e. The van der Waals surface area contributed by atoms with E-state index >= 15 is 0 Å². The fourth-order valence-corrected chi connectivity index (χ4v) is 1.11. The number of carbonyl (C=O) groups is 1. The molecule has 1 rings (SSSR count). The Balaban J connectivity index is 3.37. The van der Waals surface area contributed by atoms with Crippen LogP contribution in [0.5, 0.6) is 5.75 Å². The molecule has 0 radical (unpaired) electrons. The van der Waals surface area contributed by atoms with E-state index in [1.165, 1.54) is 6.92 Å². The number of hydrogen-bond donors (Lipinski definition) is 2. The number of aromatic nitrogens is 1. The van der Waals surface area contributed by atoms with Gasteiger partial charge in [0.15, 0.2) is 5.75 Å². The van der Waals surface area contributed by atoms with Crippen LogP contribution < -0.4 is 5.43 Å². The number of nitrogens with one attached hydrogen (secondary N) is 1. The summed E-state index contributed by atoms with van der Waals surface area (Å²) in [6, 6.07) is 0. The second-order valence-corrected chi connectivity index (χ2v) is 2.81. The lowest BCUT2D eigenvalue weighted by Crippen LogP contribution is -2.21. The highest BCUT2D eigenvalue weighted by Gasteiger charge is 2.25. The van der Waals surface area contributed by atoms with Crippen LogP contribution in [0.1, 0.15) is 29.4 Å². The topological polar surface area (TPSA) is 79.4 Å². The molecule has 7 heteroatoms. The lowest BCUT2D eigenvalue weighted by atomic mass is 10.2. The van der Waals surface area contributed by atoms with E-state index in [2.05, 4.69) is 4.74 Å². The van der Waals surface area contributed by atoms with Crippen molar-refractivity contribution in [3.05, 3.63) is 27.7 Å². The SMILES string of the molecule is CCOC(=O)c1c(C(F)F)[nH]cc(O)c1=O. The second-order valence-electron chi connectivity index (χ2n) is 2.81. The highest BCUT2D eigenvalue weighted by atomic mass is 19.3. The van der Waals surface area contributed by atoms with Crippen LogP contribution in [0.25, 0.3) is 0 Å².